The number of carbonyl (C=O) groups is 1. The lowest BCUT2D eigenvalue weighted by atomic mass is 10.1. The molecule has 1 aromatic rings. The predicted octanol–water partition coefficient (Wildman–Crippen LogP) is 1.11. The minimum absolute atomic E-state index is 0.0808. The van der Waals surface area contributed by atoms with E-state index in [-0.39, 0.29) is 5.91 Å². The highest BCUT2D eigenvalue weighted by Crippen LogP contribution is 2.09. The fourth-order valence-corrected chi connectivity index (χ4v) is 2.65. The van der Waals surface area contributed by atoms with Crippen LogP contribution in [0.2, 0.25) is 0 Å². The molecule has 0 aliphatic carbocycles. The van der Waals surface area contributed by atoms with Crippen LogP contribution in [-0.4, -0.2) is 54.0 Å². The molecule has 20 heavy (non-hydrogen) atoms. The highest BCUT2D eigenvalue weighted by Gasteiger charge is 2.25. The number of piperazine rings is 1. The van der Waals surface area contributed by atoms with Gasteiger partial charge in [0.25, 0.3) is 0 Å². The SMILES string of the molecule is CC(C)N1CCN(C(=O)C(N)Cc2ccccc2)CC1. The molecule has 1 aromatic carbocycles. The number of benzene rings is 1. The van der Waals surface area contributed by atoms with E-state index in [2.05, 4.69) is 18.7 Å². The van der Waals surface area contributed by atoms with Crippen molar-refractivity contribution in [1.82, 2.24) is 9.80 Å². The second-order valence-corrected chi connectivity index (χ2v) is 5.75. The molecule has 1 atom stereocenters. The minimum Gasteiger partial charge on any atom is -0.339 e. The molecule has 0 spiro atoms. The van der Waals surface area contributed by atoms with Crippen molar-refractivity contribution in [2.45, 2.75) is 32.4 Å². The number of hydrogen-bond donors (Lipinski definition) is 1. The molecule has 1 amide bonds. The zero-order valence-electron chi connectivity index (χ0n) is 12.5. The van der Waals surface area contributed by atoms with Crippen LogP contribution in [0.1, 0.15) is 19.4 Å². The third-order valence-electron chi connectivity index (χ3n) is 3.97. The van der Waals surface area contributed by atoms with Crippen LogP contribution in [0.4, 0.5) is 0 Å². The molecule has 1 unspecified atom stereocenters. The molecular weight excluding hydrogens is 250 g/mol. The summed E-state index contributed by atoms with van der Waals surface area (Å²) in [6.45, 7) is 7.86. The monoisotopic (exact) mass is 275 g/mol. The normalized spacial score (nSPS) is 18.3. The molecule has 0 saturated carbocycles. The van der Waals surface area contributed by atoms with Gasteiger partial charge in [0, 0.05) is 32.2 Å². The summed E-state index contributed by atoms with van der Waals surface area (Å²) >= 11 is 0. The quantitative estimate of drug-likeness (QED) is 0.895. The van der Waals surface area contributed by atoms with Crippen LogP contribution in [0.5, 0.6) is 0 Å². The van der Waals surface area contributed by atoms with Crippen molar-refractivity contribution in [2.24, 2.45) is 5.73 Å². The number of nitrogens with two attached hydrogens (primary N) is 1. The van der Waals surface area contributed by atoms with Crippen LogP contribution in [0.3, 0.4) is 0 Å². The van der Waals surface area contributed by atoms with Gasteiger partial charge in [0.05, 0.1) is 6.04 Å². The van der Waals surface area contributed by atoms with Crippen molar-refractivity contribution in [3.63, 3.8) is 0 Å². The van der Waals surface area contributed by atoms with Gasteiger partial charge < -0.3 is 10.6 Å². The Labute approximate surface area is 121 Å². The molecule has 2 N–H and O–H groups in total. The molecule has 0 bridgehead atoms. The fourth-order valence-electron chi connectivity index (χ4n) is 2.65. The summed E-state index contributed by atoms with van der Waals surface area (Å²) in [4.78, 5) is 16.7. The first kappa shape index (κ1) is 15.0. The number of carbonyl (C=O) groups excluding carboxylic acids is 1. The van der Waals surface area contributed by atoms with Crippen molar-refractivity contribution in [3.8, 4) is 0 Å². The Balaban J connectivity index is 1.85. The molecule has 1 aliphatic rings. The summed E-state index contributed by atoms with van der Waals surface area (Å²) in [7, 11) is 0. The van der Waals surface area contributed by atoms with E-state index in [9.17, 15) is 4.79 Å². The summed E-state index contributed by atoms with van der Waals surface area (Å²) in [5.41, 5.74) is 7.19. The number of rotatable bonds is 4. The first-order chi connectivity index (χ1) is 9.58. The first-order valence-electron chi connectivity index (χ1n) is 7.40. The number of amides is 1. The van der Waals surface area contributed by atoms with Crippen LogP contribution in [-0.2, 0) is 11.2 Å². The third-order valence-corrected chi connectivity index (χ3v) is 3.97. The lowest BCUT2D eigenvalue weighted by molar-refractivity contribution is -0.134. The zero-order valence-corrected chi connectivity index (χ0v) is 12.5. The Morgan fingerprint density at radius 3 is 2.30 bits per heavy atom. The molecule has 1 fully saturated rings. The van der Waals surface area contributed by atoms with Crippen LogP contribution >= 0.6 is 0 Å². The molecule has 110 valence electrons. The van der Waals surface area contributed by atoms with Gasteiger partial charge in [-0.15, -0.1) is 0 Å². The topological polar surface area (TPSA) is 49.6 Å². The summed E-state index contributed by atoms with van der Waals surface area (Å²) in [5, 5.41) is 0. The minimum atomic E-state index is -0.428. The molecule has 0 aromatic heterocycles. The largest absolute Gasteiger partial charge is 0.339 e. The van der Waals surface area contributed by atoms with Gasteiger partial charge in [0.1, 0.15) is 0 Å². The summed E-state index contributed by atoms with van der Waals surface area (Å²) < 4.78 is 0. The van der Waals surface area contributed by atoms with Gasteiger partial charge in [-0.3, -0.25) is 9.69 Å². The Hall–Kier alpha value is -1.39. The Morgan fingerprint density at radius 2 is 1.75 bits per heavy atom. The molecule has 1 aliphatic heterocycles. The van der Waals surface area contributed by atoms with E-state index in [1.807, 2.05) is 35.2 Å². The molecule has 0 radical (unpaired) electrons. The zero-order chi connectivity index (χ0) is 14.5. The molecular formula is C16H25N3O. The van der Waals surface area contributed by atoms with Gasteiger partial charge in [-0.05, 0) is 25.8 Å². The van der Waals surface area contributed by atoms with Crippen LogP contribution < -0.4 is 5.73 Å². The molecule has 4 heteroatoms. The summed E-state index contributed by atoms with van der Waals surface area (Å²) in [6, 6.07) is 10.1. The van der Waals surface area contributed by atoms with E-state index in [1.54, 1.807) is 0 Å². The van der Waals surface area contributed by atoms with E-state index in [0.29, 0.717) is 12.5 Å². The van der Waals surface area contributed by atoms with Gasteiger partial charge in [-0.25, -0.2) is 0 Å². The molecule has 2 rings (SSSR count). The number of nitrogens with zero attached hydrogens (tertiary/aromatic N) is 2. The van der Waals surface area contributed by atoms with Gasteiger partial charge >= 0.3 is 0 Å². The van der Waals surface area contributed by atoms with Crippen molar-refractivity contribution in [3.05, 3.63) is 35.9 Å². The Morgan fingerprint density at radius 1 is 1.15 bits per heavy atom. The fraction of sp³-hybridized carbons (Fsp3) is 0.562. The van der Waals surface area contributed by atoms with Gasteiger partial charge in [-0.1, -0.05) is 30.3 Å². The van der Waals surface area contributed by atoms with Crippen molar-refractivity contribution >= 4 is 5.91 Å². The Kier molecular flexibility index (Phi) is 5.15. The van der Waals surface area contributed by atoms with Crippen LogP contribution in [0, 0.1) is 0 Å². The lowest BCUT2D eigenvalue weighted by Crippen LogP contribution is -2.54. The predicted molar refractivity (Wildman–Crippen MR) is 81.4 cm³/mol. The average Bonchev–Trinajstić information content (AvgIpc) is 2.47. The van der Waals surface area contributed by atoms with E-state index < -0.39 is 6.04 Å². The maximum atomic E-state index is 12.4. The smallest absolute Gasteiger partial charge is 0.239 e. The van der Waals surface area contributed by atoms with Gasteiger partial charge in [0.2, 0.25) is 5.91 Å². The highest BCUT2D eigenvalue weighted by atomic mass is 16.2. The molecule has 1 heterocycles. The van der Waals surface area contributed by atoms with Crippen LogP contribution in [0.25, 0.3) is 0 Å². The van der Waals surface area contributed by atoms with E-state index >= 15 is 0 Å². The highest BCUT2D eigenvalue weighted by molar-refractivity contribution is 5.82. The number of hydrogen-bond acceptors (Lipinski definition) is 3. The second kappa shape index (κ2) is 6.86. The second-order valence-electron chi connectivity index (χ2n) is 5.75. The third kappa shape index (κ3) is 3.81. The van der Waals surface area contributed by atoms with Gasteiger partial charge in [-0.2, -0.15) is 0 Å². The standard InChI is InChI=1S/C16H25N3O/c1-13(2)18-8-10-19(11-9-18)16(20)15(17)12-14-6-4-3-5-7-14/h3-7,13,15H,8-12,17H2,1-2H3. The molecule has 4 nitrogen and oxygen atoms in total. The lowest BCUT2D eigenvalue weighted by Gasteiger charge is -2.37. The van der Waals surface area contributed by atoms with Crippen molar-refractivity contribution < 1.29 is 4.79 Å². The van der Waals surface area contributed by atoms with Crippen molar-refractivity contribution in [2.75, 3.05) is 26.2 Å². The van der Waals surface area contributed by atoms with E-state index in [1.165, 1.54) is 0 Å². The maximum Gasteiger partial charge on any atom is 0.239 e. The maximum absolute atomic E-state index is 12.4. The Bertz CT molecular complexity index is 425. The van der Waals surface area contributed by atoms with Gasteiger partial charge in [0.15, 0.2) is 0 Å². The summed E-state index contributed by atoms with van der Waals surface area (Å²) in [5.74, 6) is 0.0808. The van der Waals surface area contributed by atoms with Crippen LogP contribution in [0.15, 0.2) is 30.3 Å². The first-order valence-corrected chi connectivity index (χ1v) is 7.40. The van der Waals surface area contributed by atoms with E-state index in [4.69, 9.17) is 5.73 Å². The van der Waals surface area contributed by atoms with Crippen molar-refractivity contribution in [1.29, 1.82) is 0 Å². The molecule has 1 saturated heterocycles. The van der Waals surface area contributed by atoms with E-state index in [0.717, 1.165) is 31.7 Å². The average molecular weight is 275 g/mol. The summed E-state index contributed by atoms with van der Waals surface area (Å²) in [6.07, 6.45) is 0.615.